The fraction of sp³-hybridized carbons (Fsp3) is 0.364. The van der Waals surface area contributed by atoms with Crippen LogP contribution in [0.5, 0.6) is 0 Å². The van der Waals surface area contributed by atoms with Crippen LogP contribution in [0.2, 0.25) is 0 Å². The van der Waals surface area contributed by atoms with Gasteiger partial charge in [0.15, 0.2) is 5.84 Å². The summed E-state index contributed by atoms with van der Waals surface area (Å²) in [5.41, 5.74) is 1.14. The molecule has 0 bridgehead atoms. The van der Waals surface area contributed by atoms with E-state index < -0.39 is 5.92 Å². The summed E-state index contributed by atoms with van der Waals surface area (Å²) in [6.45, 7) is 10.7. The van der Waals surface area contributed by atoms with Crippen LogP contribution >= 0.6 is 0 Å². The Hall–Kier alpha value is -3.14. The molecule has 0 aliphatic carbocycles. The summed E-state index contributed by atoms with van der Waals surface area (Å²) >= 11 is 0. The molecule has 1 N–H and O–H groups in total. The predicted molar refractivity (Wildman–Crippen MR) is 113 cm³/mol. The molecule has 1 aliphatic heterocycles. The maximum atomic E-state index is 13.4. The number of nitrogens with zero attached hydrogens (tertiary/aromatic N) is 3. The largest absolute Gasteiger partial charge is 0.353 e. The van der Waals surface area contributed by atoms with Crippen LogP contribution in [0.25, 0.3) is 0 Å². The molecule has 0 spiro atoms. The maximum absolute atomic E-state index is 13.4. The van der Waals surface area contributed by atoms with Crippen LogP contribution in [0, 0.1) is 11.8 Å². The molecule has 1 saturated heterocycles. The van der Waals surface area contributed by atoms with E-state index in [0.29, 0.717) is 43.4 Å². The van der Waals surface area contributed by atoms with Crippen LogP contribution in [-0.2, 0) is 10.7 Å². The lowest BCUT2D eigenvalue weighted by atomic mass is 10.1. The van der Waals surface area contributed by atoms with Gasteiger partial charge in [-0.1, -0.05) is 30.7 Å². The summed E-state index contributed by atoms with van der Waals surface area (Å²) in [5, 5.41) is 3.13. The van der Waals surface area contributed by atoms with E-state index in [1.54, 1.807) is 30.2 Å². The highest BCUT2D eigenvalue weighted by Gasteiger charge is 2.25. The smallest absolute Gasteiger partial charge is 0.298 e. The van der Waals surface area contributed by atoms with E-state index in [9.17, 15) is 13.6 Å². The van der Waals surface area contributed by atoms with Crippen molar-refractivity contribution in [2.45, 2.75) is 26.7 Å². The van der Waals surface area contributed by atoms with Gasteiger partial charge < -0.3 is 15.1 Å². The van der Waals surface area contributed by atoms with Gasteiger partial charge in [-0.2, -0.15) is 0 Å². The average Bonchev–Trinajstić information content (AvgIpc) is 2.68. The molecule has 0 unspecified atom stereocenters. The third-order valence-electron chi connectivity index (χ3n) is 4.40. The highest BCUT2D eigenvalue weighted by Crippen LogP contribution is 2.28. The molecule has 1 aromatic rings. The van der Waals surface area contributed by atoms with Gasteiger partial charge in [-0.25, -0.2) is 13.8 Å². The van der Waals surface area contributed by atoms with E-state index in [4.69, 9.17) is 0 Å². The molecule has 1 fully saturated rings. The van der Waals surface area contributed by atoms with Gasteiger partial charge in [-0.15, -0.1) is 0 Å². The molecule has 7 heteroatoms. The number of carbonyl (C=O) groups excluding carboxylic acids is 1. The summed E-state index contributed by atoms with van der Waals surface area (Å²) in [7, 11) is 0. The zero-order valence-corrected chi connectivity index (χ0v) is 17.0. The number of hydrogen-bond acceptors (Lipinski definition) is 3. The molecule has 1 heterocycles. The Kier molecular flexibility index (Phi) is 7.54. The van der Waals surface area contributed by atoms with Crippen LogP contribution in [0.1, 0.15) is 26.3 Å². The number of halogens is 2. The Labute approximate surface area is 170 Å². The summed E-state index contributed by atoms with van der Waals surface area (Å²) in [4.78, 5) is 20.1. The van der Waals surface area contributed by atoms with Gasteiger partial charge in [0.1, 0.15) is 0 Å². The van der Waals surface area contributed by atoms with Gasteiger partial charge in [0.05, 0.1) is 5.70 Å². The lowest BCUT2D eigenvalue weighted by molar-refractivity contribution is -0.126. The van der Waals surface area contributed by atoms with Gasteiger partial charge in [-0.05, 0) is 31.9 Å². The van der Waals surface area contributed by atoms with Crippen LogP contribution < -0.4 is 5.32 Å². The van der Waals surface area contributed by atoms with Crippen molar-refractivity contribution in [2.24, 2.45) is 4.99 Å². The van der Waals surface area contributed by atoms with Gasteiger partial charge in [0.25, 0.3) is 11.8 Å². The van der Waals surface area contributed by atoms with Crippen LogP contribution in [-0.4, -0.2) is 47.7 Å². The number of hydrogen-bond donors (Lipinski definition) is 1. The lowest BCUT2D eigenvalue weighted by Gasteiger charge is -2.36. The van der Waals surface area contributed by atoms with Crippen molar-refractivity contribution in [1.29, 1.82) is 0 Å². The second-order valence-electron chi connectivity index (χ2n) is 6.66. The van der Waals surface area contributed by atoms with E-state index in [-0.39, 0.29) is 11.5 Å². The number of amidine groups is 1. The highest BCUT2D eigenvalue weighted by molar-refractivity contribution is 6.01. The van der Waals surface area contributed by atoms with Gasteiger partial charge in [-0.3, -0.25) is 4.79 Å². The van der Waals surface area contributed by atoms with E-state index in [1.807, 2.05) is 17.9 Å². The molecule has 0 aromatic heterocycles. The number of allylic oxidation sites excluding steroid dienone is 1. The van der Waals surface area contributed by atoms with Crippen LogP contribution in [0.4, 0.5) is 14.5 Å². The summed E-state index contributed by atoms with van der Waals surface area (Å²) < 4.78 is 26.8. The number of benzene rings is 1. The van der Waals surface area contributed by atoms with Crippen molar-refractivity contribution < 1.29 is 13.6 Å². The van der Waals surface area contributed by atoms with Crippen molar-refractivity contribution >= 4 is 17.4 Å². The Morgan fingerprint density at radius 1 is 1.21 bits per heavy atom. The van der Waals surface area contributed by atoms with Crippen molar-refractivity contribution in [3.8, 4) is 11.8 Å². The van der Waals surface area contributed by atoms with E-state index >= 15 is 0 Å². The maximum Gasteiger partial charge on any atom is 0.298 e. The first kappa shape index (κ1) is 22.2. The molecule has 1 amide bonds. The average molecular weight is 400 g/mol. The first-order valence-electron chi connectivity index (χ1n) is 9.36. The van der Waals surface area contributed by atoms with Crippen molar-refractivity contribution in [2.75, 3.05) is 31.5 Å². The van der Waals surface area contributed by atoms with Gasteiger partial charge in [0.2, 0.25) is 0 Å². The minimum Gasteiger partial charge on any atom is -0.353 e. The third kappa shape index (κ3) is 6.18. The van der Waals surface area contributed by atoms with E-state index in [0.717, 1.165) is 6.92 Å². The molecule has 0 saturated carbocycles. The fourth-order valence-electron chi connectivity index (χ4n) is 2.88. The number of anilines is 1. The number of alkyl halides is 2. The monoisotopic (exact) mass is 400 g/mol. The van der Waals surface area contributed by atoms with Crippen molar-refractivity contribution in [1.82, 2.24) is 9.80 Å². The Morgan fingerprint density at radius 2 is 1.79 bits per heavy atom. The summed E-state index contributed by atoms with van der Waals surface area (Å²) in [6, 6.07) is 5.95. The first-order chi connectivity index (χ1) is 13.8. The second-order valence-corrected chi connectivity index (χ2v) is 6.66. The molecule has 1 aromatic carbocycles. The number of piperazine rings is 1. The minimum atomic E-state index is -2.88. The normalized spacial score (nSPS) is 15.1. The molecule has 1 aliphatic rings. The SMILES string of the molecule is C=C(Nc1ccc(C(C)(F)F)cc1)C(=N/C=C\C)N1CCN(C(=O)C#CC)CC1. The van der Waals surface area contributed by atoms with Crippen LogP contribution in [0.3, 0.4) is 0 Å². The molecule has 154 valence electrons. The molecule has 2 rings (SSSR count). The molecule has 0 radical (unpaired) electrons. The zero-order chi connectivity index (χ0) is 21.4. The molecular weight excluding hydrogens is 374 g/mol. The lowest BCUT2D eigenvalue weighted by Crippen LogP contribution is -2.51. The van der Waals surface area contributed by atoms with Crippen molar-refractivity contribution in [3.63, 3.8) is 0 Å². The van der Waals surface area contributed by atoms with E-state index in [2.05, 4.69) is 28.7 Å². The Balaban J connectivity index is 2.09. The standard InChI is InChI=1S/C22H26F2N4O/c1-5-7-20(29)27-13-15-28(16-14-27)21(25-12-6-2)17(3)26-19-10-8-18(9-11-19)22(4,23)24/h6,8-12,26H,3,13-16H2,1-2,4H3/b12-6-,25-21?. The molecular formula is C22H26F2N4O. The summed E-state index contributed by atoms with van der Waals surface area (Å²) in [6.07, 6.45) is 3.48. The Morgan fingerprint density at radius 3 is 2.31 bits per heavy atom. The summed E-state index contributed by atoms with van der Waals surface area (Å²) in [5.74, 6) is 2.77. The number of nitrogens with one attached hydrogen (secondary N) is 1. The fourth-order valence-corrected chi connectivity index (χ4v) is 2.88. The number of rotatable bonds is 5. The van der Waals surface area contributed by atoms with E-state index in [1.165, 1.54) is 12.1 Å². The quantitative estimate of drug-likeness (QED) is 0.464. The number of aliphatic imine (C=N–C) groups is 1. The van der Waals surface area contributed by atoms with Gasteiger partial charge >= 0.3 is 0 Å². The van der Waals surface area contributed by atoms with Crippen LogP contribution in [0.15, 0.2) is 53.8 Å². The van der Waals surface area contributed by atoms with Gasteiger partial charge in [0, 0.05) is 50.6 Å². The minimum absolute atomic E-state index is 0.0487. The number of amides is 1. The van der Waals surface area contributed by atoms with Crippen molar-refractivity contribution in [3.05, 3.63) is 54.4 Å². The number of carbonyl (C=O) groups is 1. The Bertz CT molecular complexity index is 850. The molecule has 0 atom stereocenters. The molecule has 29 heavy (non-hydrogen) atoms. The predicted octanol–water partition coefficient (Wildman–Crippen LogP) is 3.82. The second kappa shape index (κ2) is 9.87. The third-order valence-corrected chi connectivity index (χ3v) is 4.40. The topological polar surface area (TPSA) is 47.9 Å². The zero-order valence-electron chi connectivity index (χ0n) is 17.0. The first-order valence-corrected chi connectivity index (χ1v) is 9.36. The molecule has 5 nitrogen and oxygen atoms in total. The highest BCUT2D eigenvalue weighted by atomic mass is 19.3.